The first-order valence-electron chi connectivity index (χ1n) is 4.47. The number of halogens is 1. The highest BCUT2D eigenvalue weighted by Gasteiger charge is 2.06. The average Bonchev–Trinajstić information content (AvgIpc) is 2.19. The number of aromatic nitrogens is 1. The quantitative estimate of drug-likeness (QED) is 0.470. The fourth-order valence-electron chi connectivity index (χ4n) is 1.15. The van der Waals surface area contributed by atoms with E-state index in [2.05, 4.69) is 10.9 Å². The Balaban J connectivity index is 2.48. The maximum Gasteiger partial charge on any atom is 0.129 e. The van der Waals surface area contributed by atoms with Gasteiger partial charge in [0.1, 0.15) is 5.15 Å². The minimum Gasteiger partial charge on any atom is -0.388 e. The van der Waals surface area contributed by atoms with E-state index in [9.17, 15) is 5.11 Å². The smallest absolute Gasteiger partial charge is 0.129 e. The summed E-state index contributed by atoms with van der Waals surface area (Å²) in [6.45, 7) is 0. The van der Waals surface area contributed by atoms with Crippen LogP contribution in [0.5, 0.6) is 0 Å². The summed E-state index contributed by atoms with van der Waals surface area (Å²) in [4.78, 5) is 3.89. The number of aliphatic hydroxyl groups excluding tert-OH is 1. The molecule has 1 N–H and O–H groups in total. The van der Waals surface area contributed by atoms with E-state index in [0.29, 0.717) is 18.0 Å². The lowest BCUT2D eigenvalue weighted by Crippen LogP contribution is -1.97. The Morgan fingerprint density at radius 1 is 1.57 bits per heavy atom. The Labute approximate surface area is 88.9 Å². The van der Waals surface area contributed by atoms with Gasteiger partial charge in [-0.1, -0.05) is 17.7 Å². The summed E-state index contributed by atoms with van der Waals surface area (Å²) >= 11 is 5.62. The molecule has 1 heterocycles. The molecule has 0 aliphatic heterocycles. The number of rotatable bonds is 4. The molecule has 1 aromatic rings. The average molecular weight is 210 g/mol. The second-order valence-corrected chi connectivity index (χ2v) is 3.41. The molecule has 0 amide bonds. The zero-order valence-electron chi connectivity index (χ0n) is 7.78. The Morgan fingerprint density at radius 3 is 2.93 bits per heavy atom. The van der Waals surface area contributed by atoms with Gasteiger partial charge in [0.05, 0.1) is 6.10 Å². The van der Waals surface area contributed by atoms with Crippen LogP contribution in [0, 0.1) is 12.3 Å². The highest BCUT2D eigenvalue weighted by molar-refractivity contribution is 6.29. The first-order valence-corrected chi connectivity index (χ1v) is 4.85. The zero-order chi connectivity index (χ0) is 10.4. The second kappa shape index (κ2) is 5.64. The van der Waals surface area contributed by atoms with E-state index < -0.39 is 6.10 Å². The summed E-state index contributed by atoms with van der Waals surface area (Å²) in [7, 11) is 0. The van der Waals surface area contributed by atoms with Gasteiger partial charge in [0.25, 0.3) is 0 Å². The summed E-state index contributed by atoms with van der Waals surface area (Å²) in [6, 6.07) is 3.44. The van der Waals surface area contributed by atoms with E-state index in [0.717, 1.165) is 12.0 Å². The van der Waals surface area contributed by atoms with Gasteiger partial charge in [-0.2, -0.15) is 0 Å². The minimum absolute atomic E-state index is 0.435. The van der Waals surface area contributed by atoms with E-state index in [1.54, 1.807) is 18.3 Å². The molecule has 0 bridgehead atoms. The van der Waals surface area contributed by atoms with Crippen LogP contribution < -0.4 is 0 Å². The molecule has 1 rings (SSSR count). The molecule has 1 unspecified atom stereocenters. The number of unbranched alkanes of at least 4 members (excludes halogenated alkanes) is 1. The van der Waals surface area contributed by atoms with Gasteiger partial charge in [-0.05, 0) is 24.5 Å². The predicted molar refractivity (Wildman–Crippen MR) is 56.9 cm³/mol. The third kappa shape index (κ3) is 3.37. The number of hydrogen-bond donors (Lipinski definition) is 1. The molecular weight excluding hydrogens is 198 g/mol. The van der Waals surface area contributed by atoms with E-state index in [1.165, 1.54) is 0 Å². The SMILES string of the molecule is C#CCCCC(O)c1ccc(Cl)nc1. The van der Waals surface area contributed by atoms with Crippen molar-refractivity contribution < 1.29 is 5.11 Å². The number of nitrogens with zero attached hydrogens (tertiary/aromatic N) is 1. The van der Waals surface area contributed by atoms with Crippen LogP contribution in [-0.4, -0.2) is 10.1 Å². The molecule has 3 heteroatoms. The summed E-state index contributed by atoms with van der Waals surface area (Å²) < 4.78 is 0. The molecule has 14 heavy (non-hydrogen) atoms. The molecule has 0 aromatic carbocycles. The highest BCUT2D eigenvalue weighted by atomic mass is 35.5. The lowest BCUT2D eigenvalue weighted by molar-refractivity contribution is 0.165. The van der Waals surface area contributed by atoms with Crippen molar-refractivity contribution in [2.75, 3.05) is 0 Å². The molecule has 2 nitrogen and oxygen atoms in total. The van der Waals surface area contributed by atoms with E-state index in [-0.39, 0.29) is 0 Å². The van der Waals surface area contributed by atoms with E-state index in [1.807, 2.05) is 0 Å². The molecule has 1 aromatic heterocycles. The first-order chi connectivity index (χ1) is 6.74. The Morgan fingerprint density at radius 2 is 2.36 bits per heavy atom. The molecule has 74 valence electrons. The molecule has 0 spiro atoms. The number of pyridine rings is 1. The van der Waals surface area contributed by atoms with Gasteiger partial charge in [-0.15, -0.1) is 12.3 Å². The number of aliphatic hydroxyl groups is 1. The molecule has 0 saturated carbocycles. The fraction of sp³-hybridized carbons (Fsp3) is 0.364. The van der Waals surface area contributed by atoms with Gasteiger partial charge < -0.3 is 5.11 Å². The van der Waals surface area contributed by atoms with Crippen LogP contribution in [0.2, 0.25) is 5.15 Å². The van der Waals surface area contributed by atoms with Crippen molar-refractivity contribution in [1.82, 2.24) is 4.98 Å². The molecule has 0 fully saturated rings. The summed E-state index contributed by atoms with van der Waals surface area (Å²) in [5, 5.41) is 10.1. The summed E-state index contributed by atoms with van der Waals surface area (Å²) in [5.74, 6) is 2.54. The minimum atomic E-state index is -0.492. The van der Waals surface area contributed by atoms with Crippen LogP contribution in [0.1, 0.15) is 30.9 Å². The van der Waals surface area contributed by atoms with Crippen LogP contribution >= 0.6 is 11.6 Å². The normalized spacial score (nSPS) is 12.1. The maximum atomic E-state index is 9.69. The fourth-order valence-corrected chi connectivity index (χ4v) is 1.26. The predicted octanol–water partition coefficient (Wildman–Crippen LogP) is 2.57. The first kappa shape index (κ1) is 11.0. The second-order valence-electron chi connectivity index (χ2n) is 3.03. The van der Waals surface area contributed by atoms with Gasteiger partial charge in [-0.3, -0.25) is 0 Å². The molecule has 0 saturated heterocycles. The molecule has 0 radical (unpaired) electrons. The van der Waals surface area contributed by atoms with Gasteiger partial charge in [-0.25, -0.2) is 4.98 Å². The highest BCUT2D eigenvalue weighted by Crippen LogP contribution is 2.19. The van der Waals surface area contributed by atoms with Crippen molar-refractivity contribution in [2.45, 2.75) is 25.4 Å². The van der Waals surface area contributed by atoms with Crippen LogP contribution in [0.4, 0.5) is 0 Å². The lowest BCUT2D eigenvalue weighted by Gasteiger charge is -2.08. The van der Waals surface area contributed by atoms with Crippen molar-refractivity contribution in [3.05, 3.63) is 29.0 Å². The molecule has 0 aliphatic carbocycles. The molecule has 1 atom stereocenters. The Hall–Kier alpha value is -1.04. The van der Waals surface area contributed by atoms with Crippen molar-refractivity contribution in [3.63, 3.8) is 0 Å². The van der Waals surface area contributed by atoms with Gasteiger partial charge in [0.2, 0.25) is 0 Å². The van der Waals surface area contributed by atoms with Gasteiger partial charge >= 0.3 is 0 Å². The molecule has 0 aliphatic rings. The zero-order valence-corrected chi connectivity index (χ0v) is 8.54. The van der Waals surface area contributed by atoms with E-state index >= 15 is 0 Å². The molecular formula is C11H12ClNO. The monoisotopic (exact) mass is 209 g/mol. The van der Waals surface area contributed by atoms with Crippen molar-refractivity contribution in [3.8, 4) is 12.3 Å². The standard InChI is InChI=1S/C11H12ClNO/c1-2-3-4-5-10(14)9-6-7-11(12)13-8-9/h1,6-8,10,14H,3-5H2. The van der Waals surface area contributed by atoms with Crippen molar-refractivity contribution in [2.24, 2.45) is 0 Å². The lowest BCUT2D eigenvalue weighted by atomic mass is 10.1. The van der Waals surface area contributed by atoms with Crippen molar-refractivity contribution >= 4 is 11.6 Å². The largest absolute Gasteiger partial charge is 0.388 e. The number of terminal acetylenes is 1. The van der Waals surface area contributed by atoms with Gasteiger partial charge in [0, 0.05) is 12.6 Å². The summed E-state index contributed by atoms with van der Waals surface area (Å²) in [6.07, 6.45) is 8.38. The van der Waals surface area contributed by atoms with Crippen molar-refractivity contribution in [1.29, 1.82) is 0 Å². The van der Waals surface area contributed by atoms with Gasteiger partial charge in [0.15, 0.2) is 0 Å². The number of hydrogen-bond acceptors (Lipinski definition) is 2. The maximum absolute atomic E-state index is 9.69. The van der Waals surface area contributed by atoms with Crippen LogP contribution in [0.3, 0.4) is 0 Å². The van der Waals surface area contributed by atoms with Crippen LogP contribution in [0.25, 0.3) is 0 Å². The topological polar surface area (TPSA) is 33.1 Å². The summed E-state index contributed by atoms with van der Waals surface area (Å²) in [5.41, 5.74) is 0.784. The third-order valence-electron chi connectivity index (χ3n) is 1.93. The Kier molecular flexibility index (Phi) is 4.45. The third-order valence-corrected chi connectivity index (χ3v) is 2.16. The van der Waals surface area contributed by atoms with Crippen LogP contribution in [-0.2, 0) is 0 Å². The van der Waals surface area contributed by atoms with E-state index in [4.69, 9.17) is 18.0 Å². The van der Waals surface area contributed by atoms with Crippen LogP contribution in [0.15, 0.2) is 18.3 Å². The Bertz CT molecular complexity index is 315.